The van der Waals surface area contributed by atoms with E-state index in [4.69, 9.17) is 5.73 Å². The number of anilines is 1. The average Bonchev–Trinajstić information content (AvgIpc) is 2.28. The minimum absolute atomic E-state index is 0.185. The maximum Gasteiger partial charge on any atom is 0.233 e. The van der Waals surface area contributed by atoms with Crippen LogP contribution in [-0.2, 0) is 11.3 Å². The van der Waals surface area contributed by atoms with Crippen LogP contribution in [0.1, 0.15) is 19.4 Å². The zero-order valence-corrected chi connectivity index (χ0v) is 11.5. The highest BCUT2D eigenvalue weighted by atomic mass is 32.2. The Bertz CT molecular complexity index is 362. The first-order chi connectivity index (χ1) is 8.04. The van der Waals surface area contributed by atoms with Gasteiger partial charge in [-0.3, -0.25) is 4.79 Å². The van der Waals surface area contributed by atoms with Gasteiger partial charge in [0.1, 0.15) is 0 Å². The van der Waals surface area contributed by atoms with E-state index >= 15 is 0 Å². The van der Waals surface area contributed by atoms with Crippen LogP contribution >= 0.6 is 11.8 Å². The molecule has 1 aromatic carbocycles. The Kier molecular flexibility index (Phi) is 5.35. The molecule has 1 amide bonds. The molecular formula is C13H20N2OS. The van der Waals surface area contributed by atoms with Crippen molar-refractivity contribution in [1.82, 2.24) is 4.90 Å². The van der Waals surface area contributed by atoms with E-state index in [1.807, 2.05) is 49.3 Å². The molecule has 17 heavy (non-hydrogen) atoms. The lowest BCUT2D eigenvalue weighted by molar-refractivity contribution is -0.130. The molecule has 0 fully saturated rings. The molecule has 0 saturated heterocycles. The molecule has 0 saturated carbocycles. The number of nitrogens with zero attached hydrogens (tertiary/aromatic N) is 1. The number of amides is 1. The standard InChI is InChI=1S/C13H20N2OS/c1-10(2)15(13(16)9-17-3)8-11-4-6-12(14)7-5-11/h4-7,10H,8-9,14H2,1-3H3. The molecule has 0 radical (unpaired) electrons. The number of nitrogen functional groups attached to an aromatic ring is 1. The summed E-state index contributed by atoms with van der Waals surface area (Å²) in [6, 6.07) is 7.89. The van der Waals surface area contributed by atoms with E-state index in [0.717, 1.165) is 11.3 Å². The lowest BCUT2D eigenvalue weighted by atomic mass is 10.1. The van der Waals surface area contributed by atoms with Gasteiger partial charge in [0.2, 0.25) is 5.91 Å². The van der Waals surface area contributed by atoms with Gasteiger partial charge in [0.15, 0.2) is 0 Å². The summed E-state index contributed by atoms with van der Waals surface area (Å²) >= 11 is 1.56. The van der Waals surface area contributed by atoms with Crippen molar-refractivity contribution in [2.24, 2.45) is 0 Å². The van der Waals surface area contributed by atoms with Gasteiger partial charge in [0, 0.05) is 18.3 Å². The third-order valence-electron chi connectivity index (χ3n) is 2.54. The Morgan fingerprint density at radius 1 is 1.35 bits per heavy atom. The van der Waals surface area contributed by atoms with E-state index in [9.17, 15) is 4.79 Å². The predicted octanol–water partition coefficient (Wildman–Crippen LogP) is 2.37. The molecule has 0 aliphatic carbocycles. The predicted molar refractivity (Wildman–Crippen MR) is 74.9 cm³/mol. The number of nitrogens with two attached hydrogens (primary N) is 1. The van der Waals surface area contributed by atoms with Gasteiger partial charge >= 0.3 is 0 Å². The summed E-state index contributed by atoms with van der Waals surface area (Å²) < 4.78 is 0. The van der Waals surface area contributed by atoms with E-state index < -0.39 is 0 Å². The molecule has 2 N–H and O–H groups in total. The first kappa shape index (κ1) is 13.9. The molecule has 94 valence electrons. The number of carbonyl (C=O) groups is 1. The van der Waals surface area contributed by atoms with Gasteiger partial charge in [-0.05, 0) is 37.8 Å². The van der Waals surface area contributed by atoms with Crippen molar-refractivity contribution in [2.75, 3.05) is 17.7 Å². The van der Waals surface area contributed by atoms with Crippen molar-refractivity contribution < 1.29 is 4.79 Å². The minimum Gasteiger partial charge on any atom is -0.399 e. The fraction of sp³-hybridized carbons (Fsp3) is 0.462. The van der Waals surface area contributed by atoms with Gasteiger partial charge in [0.05, 0.1) is 5.75 Å². The Balaban J connectivity index is 2.73. The van der Waals surface area contributed by atoms with Gasteiger partial charge < -0.3 is 10.6 Å². The van der Waals surface area contributed by atoms with Gasteiger partial charge in [0.25, 0.3) is 0 Å². The lowest BCUT2D eigenvalue weighted by Crippen LogP contribution is -2.37. The third kappa shape index (κ3) is 4.30. The summed E-state index contributed by atoms with van der Waals surface area (Å²) in [5.74, 6) is 0.719. The zero-order chi connectivity index (χ0) is 12.8. The molecule has 0 unspecified atom stereocenters. The monoisotopic (exact) mass is 252 g/mol. The highest BCUT2D eigenvalue weighted by Gasteiger charge is 2.16. The second kappa shape index (κ2) is 6.55. The number of thioether (sulfide) groups is 1. The van der Waals surface area contributed by atoms with Crippen LogP contribution in [0.2, 0.25) is 0 Å². The van der Waals surface area contributed by atoms with Crippen molar-refractivity contribution in [1.29, 1.82) is 0 Å². The fourth-order valence-electron chi connectivity index (χ4n) is 1.58. The molecule has 0 heterocycles. The maximum absolute atomic E-state index is 11.9. The van der Waals surface area contributed by atoms with Crippen LogP contribution in [0, 0.1) is 0 Å². The lowest BCUT2D eigenvalue weighted by Gasteiger charge is -2.26. The summed E-state index contributed by atoms with van der Waals surface area (Å²) in [5, 5.41) is 0. The Morgan fingerprint density at radius 2 is 1.94 bits per heavy atom. The molecule has 0 aromatic heterocycles. The van der Waals surface area contributed by atoms with Crippen molar-refractivity contribution >= 4 is 23.4 Å². The molecule has 0 aliphatic heterocycles. The average molecular weight is 252 g/mol. The fourth-order valence-corrected chi connectivity index (χ4v) is 2.00. The number of benzene rings is 1. The summed E-state index contributed by atoms with van der Waals surface area (Å²) in [7, 11) is 0. The third-order valence-corrected chi connectivity index (χ3v) is 3.08. The van der Waals surface area contributed by atoms with E-state index in [1.54, 1.807) is 11.8 Å². The highest BCUT2D eigenvalue weighted by Crippen LogP contribution is 2.12. The topological polar surface area (TPSA) is 46.3 Å². The summed E-state index contributed by atoms with van der Waals surface area (Å²) in [4.78, 5) is 13.8. The van der Waals surface area contributed by atoms with E-state index in [-0.39, 0.29) is 11.9 Å². The molecule has 4 heteroatoms. The van der Waals surface area contributed by atoms with E-state index in [2.05, 4.69) is 0 Å². The molecule has 0 aliphatic rings. The zero-order valence-electron chi connectivity index (χ0n) is 10.6. The molecule has 0 bridgehead atoms. The van der Waals surface area contributed by atoms with Crippen LogP contribution in [0.15, 0.2) is 24.3 Å². The maximum atomic E-state index is 11.9. The number of carbonyl (C=O) groups excluding carboxylic acids is 1. The second-order valence-corrected chi connectivity index (χ2v) is 5.16. The normalized spacial score (nSPS) is 10.6. The molecule has 1 aromatic rings. The Morgan fingerprint density at radius 3 is 2.41 bits per heavy atom. The SMILES string of the molecule is CSCC(=O)N(Cc1ccc(N)cc1)C(C)C. The smallest absolute Gasteiger partial charge is 0.233 e. The van der Waals surface area contributed by atoms with Gasteiger partial charge in [-0.1, -0.05) is 12.1 Å². The van der Waals surface area contributed by atoms with Crippen LogP contribution in [0.5, 0.6) is 0 Å². The molecule has 0 spiro atoms. The molecule has 0 atom stereocenters. The van der Waals surface area contributed by atoms with Crippen molar-refractivity contribution in [3.05, 3.63) is 29.8 Å². The van der Waals surface area contributed by atoms with Crippen LogP contribution < -0.4 is 5.73 Å². The first-order valence-electron chi connectivity index (χ1n) is 5.67. The first-order valence-corrected chi connectivity index (χ1v) is 7.06. The van der Waals surface area contributed by atoms with Crippen molar-refractivity contribution in [3.8, 4) is 0 Å². The van der Waals surface area contributed by atoms with E-state index in [1.165, 1.54) is 0 Å². The van der Waals surface area contributed by atoms with Gasteiger partial charge in [-0.2, -0.15) is 11.8 Å². The van der Waals surface area contributed by atoms with Gasteiger partial charge in [-0.25, -0.2) is 0 Å². The Hall–Kier alpha value is -1.16. The van der Waals surface area contributed by atoms with Crippen LogP contribution in [0.3, 0.4) is 0 Å². The summed E-state index contributed by atoms with van der Waals surface area (Å²) in [6.45, 7) is 4.72. The molecule has 1 rings (SSSR count). The second-order valence-electron chi connectivity index (χ2n) is 4.29. The highest BCUT2D eigenvalue weighted by molar-refractivity contribution is 7.99. The Labute approximate surface area is 107 Å². The quantitative estimate of drug-likeness (QED) is 0.818. The van der Waals surface area contributed by atoms with Crippen molar-refractivity contribution in [3.63, 3.8) is 0 Å². The largest absolute Gasteiger partial charge is 0.399 e. The molecule has 3 nitrogen and oxygen atoms in total. The number of hydrogen-bond donors (Lipinski definition) is 1. The van der Waals surface area contributed by atoms with Crippen LogP contribution in [0.4, 0.5) is 5.69 Å². The molecular weight excluding hydrogens is 232 g/mol. The number of hydrogen-bond acceptors (Lipinski definition) is 3. The number of rotatable bonds is 5. The van der Waals surface area contributed by atoms with Crippen LogP contribution in [0.25, 0.3) is 0 Å². The summed E-state index contributed by atoms with van der Waals surface area (Å²) in [5.41, 5.74) is 7.50. The van der Waals surface area contributed by atoms with Gasteiger partial charge in [-0.15, -0.1) is 0 Å². The summed E-state index contributed by atoms with van der Waals surface area (Å²) in [6.07, 6.45) is 1.94. The van der Waals surface area contributed by atoms with Crippen LogP contribution in [-0.4, -0.2) is 28.9 Å². The van der Waals surface area contributed by atoms with Crippen molar-refractivity contribution in [2.45, 2.75) is 26.4 Å². The van der Waals surface area contributed by atoms with E-state index in [0.29, 0.717) is 12.3 Å². The minimum atomic E-state index is 0.185.